The van der Waals surface area contributed by atoms with E-state index in [4.69, 9.17) is 14.2 Å². The molecule has 1 N–H and O–H groups in total. The molecule has 1 aliphatic rings. The molecule has 0 saturated heterocycles. The molecule has 0 spiro atoms. The van der Waals surface area contributed by atoms with Gasteiger partial charge in [-0.1, -0.05) is 13.0 Å². The van der Waals surface area contributed by atoms with Gasteiger partial charge < -0.3 is 14.2 Å². The van der Waals surface area contributed by atoms with E-state index in [1.165, 1.54) is 0 Å². The second-order valence-electron chi connectivity index (χ2n) is 4.84. The molecule has 0 fully saturated rings. The van der Waals surface area contributed by atoms with Crippen LogP contribution in [0.4, 0.5) is 0 Å². The molecule has 0 radical (unpaired) electrons. The van der Waals surface area contributed by atoms with Crippen LogP contribution in [-0.4, -0.2) is 25.9 Å². The molecule has 0 aromatic heterocycles. The molecular weight excluding hydrogens is 258 g/mol. The van der Waals surface area contributed by atoms with Crippen LogP contribution in [0.25, 0.3) is 0 Å². The van der Waals surface area contributed by atoms with Gasteiger partial charge in [0.1, 0.15) is 5.54 Å². The molecule has 1 aliphatic heterocycles. The topological polar surface area (TPSA) is 56.8 Å². The fourth-order valence-corrected chi connectivity index (χ4v) is 2.15. The summed E-state index contributed by atoms with van der Waals surface area (Å²) in [7, 11) is 0. The van der Waals surface area contributed by atoms with Gasteiger partial charge in [0.2, 0.25) is 6.79 Å². The molecule has 5 nitrogen and oxygen atoms in total. The Morgan fingerprint density at radius 1 is 1.35 bits per heavy atom. The predicted molar refractivity (Wildman–Crippen MR) is 74.8 cm³/mol. The number of hydrogen-bond acceptors (Lipinski definition) is 5. The van der Waals surface area contributed by atoms with Crippen LogP contribution in [0.3, 0.4) is 0 Å². The SMILES string of the molecule is CCCNC(C)(C(=O)OCC)c1ccc2c(c1)OCO2. The van der Waals surface area contributed by atoms with Crippen molar-refractivity contribution in [3.63, 3.8) is 0 Å². The van der Waals surface area contributed by atoms with Gasteiger partial charge in [-0.3, -0.25) is 5.32 Å². The largest absolute Gasteiger partial charge is 0.464 e. The lowest BCUT2D eigenvalue weighted by Gasteiger charge is -2.29. The average Bonchev–Trinajstić information content (AvgIpc) is 2.92. The van der Waals surface area contributed by atoms with E-state index in [1.54, 1.807) is 6.92 Å². The van der Waals surface area contributed by atoms with Crippen LogP contribution in [-0.2, 0) is 15.1 Å². The number of esters is 1. The van der Waals surface area contributed by atoms with Gasteiger partial charge in [0, 0.05) is 0 Å². The molecule has 2 rings (SSSR count). The summed E-state index contributed by atoms with van der Waals surface area (Å²) in [5.74, 6) is 1.08. The van der Waals surface area contributed by atoms with Crippen LogP contribution >= 0.6 is 0 Å². The molecule has 1 aromatic carbocycles. The van der Waals surface area contributed by atoms with Crippen molar-refractivity contribution in [2.45, 2.75) is 32.7 Å². The first-order chi connectivity index (χ1) is 9.61. The van der Waals surface area contributed by atoms with Gasteiger partial charge in [0.05, 0.1) is 6.61 Å². The summed E-state index contributed by atoms with van der Waals surface area (Å²) in [4.78, 5) is 12.3. The van der Waals surface area contributed by atoms with E-state index in [0.29, 0.717) is 18.1 Å². The summed E-state index contributed by atoms with van der Waals surface area (Å²) in [5, 5.41) is 3.27. The van der Waals surface area contributed by atoms with Crippen LogP contribution in [0.15, 0.2) is 18.2 Å². The zero-order valence-electron chi connectivity index (χ0n) is 12.2. The van der Waals surface area contributed by atoms with E-state index in [-0.39, 0.29) is 12.8 Å². The van der Waals surface area contributed by atoms with Crippen LogP contribution < -0.4 is 14.8 Å². The monoisotopic (exact) mass is 279 g/mol. The number of carbonyl (C=O) groups is 1. The van der Waals surface area contributed by atoms with Crippen LogP contribution in [0.5, 0.6) is 11.5 Å². The molecule has 1 aromatic rings. The molecule has 0 saturated carbocycles. The highest BCUT2D eigenvalue weighted by molar-refractivity contribution is 5.82. The molecule has 0 bridgehead atoms. The Hall–Kier alpha value is -1.75. The van der Waals surface area contributed by atoms with Crippen molar-refractivity contribution in [3.05, 3.63) is 23.8 Å². The van der Waals surface area contributed by atoms with Crippen molar-refractivity contribution in [2.75, 3.05) is 19.9 Å². The molecule has 1 heterocycles. The van der Waals surface area contributed by atoms with Crippen LogP contribution in [0.2, 0.25) is 0 Å². The lowest BCUT2D eigenvalue weighted by Crippen LogP contribution is -2.48. The lowest BCUT2D eigenvalue weighted by molar-refractivity contribution is -0.151. The Kier molecular flexibility index (Phi) is 4.49. The molecule has 0 amide bonds. The quantitative estimate of drug-likeness (QED) is 0.809. The fourth-order valence-electron chi connectivity index (χ4n) is 2.15. The lowest BCUT2D eigenvalue weighted by atomic mass is 9.91. The summed E-state index contributed by atoms with van der Waals surface area (Å²) >= 11 is 0. The van der Waals surface area contributed by atoms with Crippen LogP contribution in [0.1, 0.15) is 32.8 Å². The summed E-state index contributed by atoms with van der Waals surface area (Å²) in [5.41, 5.74) is -0.0684. The first-order valence-corrected chi connectivity index (χ1v) is 6.94. The maximum absolute atomic E-state index is 12.3. The normalized spacial score (nSPS) is 15.8. The van der Waals surface area contributed by atoms with E-state index in [2.05, 4.69) is 12.2 Å². The minimum atomic E-state index is -0.882. The highest BCUT2D eigenvalue weighted by Gasteiger charge is 2.37. The highest BCUT2D eigenvalue weighted by atomic mass is 16.7. The smallest absolute Gasteiger partial charge is 0.330 e. The highest BCUT2D eigenvalue weighted by Crippen LogP contribution is 2.36. The predicted octanol–water partition coefficient (Wildman–Crippen LogP) is 2.19. The number of carbonyl (C=O) groups excluding carboxylic acids is 1. The average molecular weight is 279 g/mol. The van der Waals surface area contributed by atoms with E-state index >= 15 is 0 Å². The molecule has 5 heteroatoms. The number of hydrogen-bond donors (Lipinski definition) is 1. The minimum absolute atomic E-state index is 0.220. The second-order valence-corrected chi connectivity index (χ2v) is 4.84. The number of rotatable bonds is 6. The first kappa shape index (κ1) is 14.7. The van der Waals surface area contributed by atoms with Crippen molar-refractivity contribution in [2.24, 2.45) is 0 Å². The van der Waals surface area contributed by atoms with Crippen molar-refractivity contribution in [3.8, 4) is 11.5 Å². The van der Waals surface area contributed by atoms with E-state index in [1.807, 2.05) is 25.1 Å². The zero-order chi connectivity index (χ0) is 14.6. The Morgan fingerprint density at radius 2 is 2.10 bits per heavy atom. The van der Waals surface area contributed by atoms with Crippen molar-refractivity contribution in [1.82, 2.24) is 5.32 Å². The van der Waals surface area contributed by atoms with Crippen molar-refractivity contribution >= 4 is 5.97 Å². The molecule has 1 unspecified atom stereocenters. The van der Waals surface area contributed by atoms with Crippen molar-refractivity contribution in [1.29, 1.82) is 0 Å². The summed E-state index contributed by atoms with van der Waals surface area (Å²) in [6, 6.07) is 5.53. The van der Waals surface area contributed by atoms with Crippen molar-refractivity contribution < 1.29 is 19.0 Å². The summed E-state index contributed by atoms with van der Waals surface area (Å²) in [6.45, 7) is 6.99. The molecule has 1 atom stereocenters. The van der Waals surface area contributed by atoms with Gasteiger partial charge in [0.15, 0.2) is 11.5 Å². The number of fused-ring (bicyclic) bond motifs is 1. The van der Waals surface area contributed by atoms with Gasteiger partial charge in [-0.25, -0.2) is 4.79 Å². The maximum Gasteiger partial charge on any atom is 0.330 e. The van der Waals surface area contributed by atoms with Gasteiger partial charge in [-0.15, -0.1) is 0 Å². The van der Waals surface area contributed by atoms with Gasteiger partial charge in [-0.2, -0.15) is 0 Å². The maximum atomic E-state index is 12.3. The Balaban J connectivity index is 2.32. The molecular formula is C15H21NO4. The third kappa shape index (κ3) is 2.72. The Bertz CT molecular complexity index is 489. The third-order valence-electron chi connectivity index (χ3n) is 3.36. The third-order valence-corrected chi connectivity index (χ3v) is 3.36. The number of nitrogens with one attached hydrogen (secondary N) is 1. The summed E-state index contributed by atoms with van der Waals surface area (Å²) in [6.07, 6.45) is 0.930. The second kappa shape index (κ2) is 6.13. The fraction of sp³-hybridized carbons (Fsp3) is 0.533. The van der Waals surface area contributed by atoms with E-state index in [0.717, 1.165) is 18.5 Å². The molecule has 0 aliphatic carbocycles. The van der Waals surface area contributed by atoms with Gasteiger partial charge >= 0.3 is 5.97 Å². The first-order valence-electron chi connectivity index (χ1n) is 6.94. The van der Waals surface area contributed by atoms with Gasteiger partial charge in [0.25, 0.3) is 0 Å². The zero-order valence-corrected chi connectivity index (χ0v) is 12.2. The van der Waals surface area contributed by atoms with E-state index in [9.17, 15) is 4.79 Å². The van der Waals surface area contributed by atoms with Crippen LogP contribution in [0, 0.1) is 0 Å². The molecule has 110 valence electrons. The number of ether oxygens (including phenoxy) is 3. The van der Waals surface area contributed by atoms with Gasteiger partial charge in [-0.05, 0) is 44.5 Å². The standard InChI is InChI=1S/C15H21NO4/c1-4-8-16-15(3,14(17)18-5-2)11-6-7-12-13(9-11)20-10-19-12/h6-7,9,16H,4-5,8,10H2,1-3H3. The summed E-state index contributed by atoms with van der Waals surface area (Å²) < 4.78 is 15.9. The molecule has 20 heavy (non-hydrogen) atoms. The number of benzene rings is 1. The Morgan fingerprint density at radius 3 is 2.80 bits per heavy atom. The Labute approximate surface area is 119 Å². The van der Waals surface area contributed by atoms with E-state index < -0.39 is 5.54 Å². The minimum Gasteiger partial charge on any atom is -0.464 e.